The van der Waals surface area contributed by atoms with Gasteiger partial charge in [-0.3, -0.25) is 9.59 Å². The summed E-state index contributed by atoms with van der Waals surface area (Å²) in [5, 5.41) is 0. The van der Waals surface area contributed by atoms with Crippen molar-refractivity contribution in [1.82, 2.24) is 0 Å². The van der Waals surface area contributed by atoms with Crippen LogP contribution in [0.4, 0.5) is 0 Å². The van der Waals surface area contributed by atoms with E-state index >= 15 is 0 Å². The van der Waals surface area contributed by atoms with Crippen molar-refractivity contribution in [2.45, 2.75) is 13.8 Å². The Morgan fingerprint density at radius 2 is 1.24 bits per heavy atom. The minimum absolute atomic E-state index is 0.0807. The molecule has 2 aliphatic carbocycles. The standard InChI is InChI=1S/C20H18O2S3/c1-11(2)17(21)13-7-5-9-15(19(13)23)25-16-10-6-8-14(20(16)24)18(22)12(3)4/h5-10,13-14H,1,3H2,2,4H3. The molecule has 0 aromatic carbocycles. The molecule has 2 aliphatic rings. The monoisotopic (exact) mass is 386 g/mol. The Labute approximate surface area is 163 Å². The Morgan fingerprint density at radius 1 is 0.880 bits per heavy atom. The van der Waals surface area contributed by atoms with Gasteiger partial charge in [-0.25, -0.2) is 0 Å². The lowest BCUT2D eigenvalue weighted by atomic mass is 9.92. The first-order valence-electron chi connectivity index (χ1n) is 7.66. The van der Waals surface area contributed by atoms with Gasteiger partial charge < -0.3 is 0 Å². The number of hydrogen-bond acceptors (Lipinski definition) is 5. The van der Waals surface area contributed by atoms with E-state index in [9.17, 15) is 9.59 Å². The van der Waals surface area contributed by atoms with Crippen molar-refractivity contribution < 1.29 is 9.59 Å². The van der Waals surface area contributed by atoms with Gasteiger partial charge in [-0.05, 0) is 37.1 Å². The highest BCUT2D eigenvalue weighted by Crippen LogP contribution is 2.36. The second-order valence-corrected chi connectivity index (χ2v) is 7.87. The SMILES string of the molecule is C=C(C)C(=O)C1C=CC=C(SC2=CC=CC(C(=O)C(=C)C)C2=S)C1=S. The summed E-state index contributed by atoms with van der Waals surface area (Å²) in [7, 11) is 0. The van der Waals surface area contributed by atoms with Gasteiger partial charge in [0.25, 0.3) is 0 Å². The van der Waals surface area contributed by atoms with E-state index < -0.39 is 11.8 Å². The van der Waals surface area contributed by atoms with Gasteiger partial charge >= 0.3 is 0 Å². The highest BCUT2D eigenvalue weighted by Gasteiger charge is 2.30. The first-order chi connectivity index (χ1) is 11.7. The molecule has 0 aromatic heterocycles. The number of carbonyl (C=O) groups excluding carboxylic acids is 2. The number of carbonyl (C=O) groups is 2. The Hall–Kier alpha value is -1.69. The molecule has 0 aromatic rings. The largest absolute Gasteiger partial charge is 0.294 e. The van der Waals surface area contributed by atoms with Gasteiger partial charge in [-0.15, -0.1) is 0 Å². The van der Waals surface area contributed by atoms with Crippen LogP contribution in [0, 0.1) is 11.8 Å². The molecule has 128 valence electrons. The number of allylic oxidation sites excluding steroid dienone is 10. The van der Waals surface area contributed by atoms with E-state index in [2.05, 4.69) is 13.2 Å². The summed E-state index contributed by atoms with van der Waals surface area (Å²) in [5.41, 5.74) is 0.955. The number of ketones is 2. The molecule has 0 amide bonds. The van der Waals surface area contributed by atoms with E-state index in [0.717, 1.165) is 9.81 Å². The van der Waals surface area contributed by atoms with Crippen molar-refractivity contribution in [3.8, 4) is 0 Å². The van der Waals surface area contributed by atoms with Crippen molar-refractivity contribution in [1.29, 1.82) is 0 Å². The van der Waals surface area contributed by atoms with Crippen LogP contribution in [0.15, 0.2) is 70.6 Å². The van der Waals surface area contributed by atoms with Crippen LogP contribution >= 0.6 is 36.2 Å². The molecule has 5 heteroatoms. The van der Waals surface area contributed by atoms with Crippen LogP contribution in [0.3, 0.4) is 0 Å². The van der Waals surface area contributed by atoms with Gasteiger partial charge in [-0.1, -0.05) is 73.7 Å². The third-order valence-electron chi connectivity index (χ3n) is 3.78. The van der Waals surface area contributed by atoms with Crippen molar-refractivity contribution in [2.75, 3.05) is 0 Å². The lowest BCUT2D eigenvalue weighted by Crippen LogP contribution is -2.26. The second-order valence-electron chi connectivity index (χ2n) is 5.91. The first kappa shape index (κ1) is 19.6. The summed E-state index contributed by atoms with van der Waals surface area (Å²) in [6.07, 6.45) is 10.9. The molecule has 0 bridgehead atoms. The number of rotatable bonds is 6. The minimum Gasteiger partial charge on any atom is -0.294 e. The molecule has 0 radical (unpaired) electrons. The molecule has 0 saturated heterocycles. The third kappa shape index (κ3) is 4.29. The van der Waals surface area contributed by atoms with Crippen molar-refractivity contribution in [2.24, 2.45) is 11.8 Å². The number of Topliss-reactive ketones (excluding diaryl/α,β-unsaturated/α-hetero) is 2. The van der Waals surface area contributed by atoms with Crippen molar-refractivity contribution in [3.63, 3.8) is 0 Å². The van der Waals surface area contributed by atoms with Gasteiger partial charge in [-0.2, -0.15) is 0 Å². The van der Waals surface area contributed by atoms with Crippen LogP contribution in [0.2, 0.25) is 0 Å². The molecule has 2 nitrogen and oxygen atoms in total. The fraction of sp³-hybridized carbons (Fsp3) is 0.200. The zero-order chi connectivity index (χ0) is 18.7. The fourth-order valence-electron chi connectivity index (χ4n) is 2.38. The maximum Gasteiger partial charge on any atom is 0.170 e. The molecule has 0 fully saturated rings. The lowest BCUT2D eigenvalue weighted by molar-refractivity contribution is -0.117. The molecule has 2 unspecified atom stereocenters. The molecule has 0 heterocycles. The average molecular weight is 387 g/mol. The Morgan fingerprint density at radius 3 is 1.56 bits per heavy atom. The van der Waals surface area contributed by atoms with E-state index in [-0.39, 0.29) is 11.6 Å². The van der Waals surface area contributed by atoms with Crippen LogP contribution in [0.1, 0.15) is 13.8 Å². The third-order valence-corrected chi connectivity index (χ3v) is 6.14. The van der Waals surface area contributed by atoms with Crippen molar-refractivity contribution in [3.05, 3.63) is 70.6 Å². The van der Waals surface area contributed by atoms with Gasteiger partial charge in [0.05, 0.1) is 11.8 Å². The van der Waals surface area contributed by atoms with Gasteiger partial charge in [0, 0.05) is 19.5 Å². The van der Waals surface area contributed by atoms with E-state index in [0.29, 0.717) is 20.9 Å². The Balaban J connectivity index is 2.19. The topological polar surface area (TPSA) is 34.1 Å². The van der Waals surface area contributed by atoms with Crippen LogP contribution in [0.25, 0.3) is 0 Å². The van der Waals surface area contributed by atoms with Crippen LogP contribution in [-0.2, 0) is 9.59 Å². The molecule has 0 N–H and O–H groups in total. The molecular formula is C20H18O2S3. The maximum atomic E-state index is 12.2. The quantitative estimate of drug-likeness (QED) is 0.480. The highest BCUT2D eigenvalue weighted by atomic mass is 32.2. The van der Waals surface area contributed by atoms with Crippen LogP contribution in [0.5, 0.6) is 0 Å². The first-order valence-corrected chi connectivity index (χ1v) is 9.30. The normalized spacial score (nSPS) is 22.3. The maximum absolute atomic E-state index is 12.2. The molecule has 25 heavy (non-hydrogen) atoms. The molecule has 0 saturated carbocycles. The number of thioether (sulfide) groups is 1. The average Bonchev–Trinajstić information content (AvgIpc) is 2.57. The summed E-state index contributed by atoms with van der Waals surface area (Å²) in [6, 6.07) is 0. The fourth-order valence-corrected chi connectivity index (χ4v) is 4.13. The lowest BCUT2D eigenvalue weighted by Gasteiger charge is -2.23. The van der Waals surface area contributed by atoms with Gasteiger partial charge in [0.1, 0.15) is 0 Å². The summed E-state index contributed by atoms with van der Waals surface area (Å²) in [5.74, 6) is -1.10. The zero-order valence-corrected chi connectivity index (χ0v) is 16.5. The van der Waals surface area contributed by atoms with E-state index in [4.69, 9.17) is 24.4 Å². The van der Waals surface area contributed by atoms with E-state index in [1.54, 1.807) is 26.0 Å². The molecule has 0 spiro atoms. The molecule has 2 atom stereocenters. The van der Waals surface area contributed by atoms with Gasteiger partial charge in [0.15, 0.2) is 11.6 Å². The Kier molecular flexibility index (Phi) is 6.38. The highest BCUT2D eigenvalue weighted by molar-refractivity contribution is 8.10. The second kappa shape index (κ2) is 8.13. The summed E-state index contributed by atoms with van der Waals surface area (Å²) in [4.78, 5) is 27.2. The summed E-state index contributed by atoms with van der Waals surface area (Å²) >= 11 is 12.4. The van der Waals surface area contributed by atoms with E-state index in [1.165, 1.54) is 11.8 Å². The smallest absolute Gasteiger partial charge is 0.170 e. The molecule has 0 aliphatic heterocycles. The minimum atomic E-state index is -0.471. The van der Waals surface area contributed by atoms with Gasteiger partial charge in [0.2, 0.25) is 0 Å². The number of thiocarbonyl (C=S) groups is 2. The predicted octanol–water partition coefficient (Wildman–Crippen LogP) is 4.89. The van der Waals surface area contributed by atoms with Crippen molar-refractivity contribution >= 4 is 57.5 Å². The van der Waals surface area contributed by atoms with Crippen LogP contribution in [-0.4, -0.2) is 21.3 Å². The Bertz CT molecular complexity index is 754. The molecule has 2 rings (SSSR count). The summed E-state index contributed by atoms with van der Waals surface area (Å²) in [6.45, 7) is 10.8. The predicted molar refractivity (Wildman–Crippen MR) is 114 cm³/mol. The zero-order valence-electron chi connectivity index (χ0n) is 14.1. The van der Waals surface area contributed by atoms with Crippen LogP contribution < -0.4 is 0 Å². The number of hydrogen-bond donors (Lipinski definition) is 0. The summed E-state index contributed by atoms with van der Waals surface area (Å²) < 4.78 is 0. The molecular weight excluding hydrogens is 368 g/mol. The van der Waals surface area contributed by atoms with E-state index in [1.807, 2.05) is 24.3 Å².